The summed E-state index contributed by atoms with van der Waals surface area (Å²) in [6.45, 7) is 0. The lowest BCUT2D eigenvalue weighted by Gasteiger charge is -2.04. The van der Waals surface area contributed by atoms with Crippen molar-refractivity contribution in [2.75, 3.05) is 0 Å². The van der Waals surface area contributed by atoms with Crippen molar-refractivity contribution >= 4 is 16.8 Å². The Morgan fingerprint density at radius 2 is 2.23 bits per heavy atom. The van der Waals surface area contributed by atoms with Gasteiger partial charge in [-0.15, -0.1) is 4.91 Å². The molecule has 0 spiro atoms. The zero-order valence-corrected chi connectivity index (χ0v) is 7.21. The van der Waals surface area contributed by atoms with Crippen molar-refractivity contribution in [1.29, 1.82) is 0 Å². The number of hydrogen-bond donors (Lipinski definition) is 0. The Kier molecular flexibility index (Phi) is 3.21. The molecule has 0 aliphatic carbocycles. The van der Waals surface area contributed by atoms with Crippen LogP contribution in [0.3, 0.4) is 0 Å². The third kappa shape index (κ3) is 2.67. The van der Waals surface area contributed by atoms with Crippen LogP contribution in [0, 0.1) is 10.7 Å². The van der Waals surface area contributed by atoms with Crippen molar-refractivity contribution < 1.29 is 13.2 Å². The second-order valence-corrected chi connectivity index (χ2v) is 3.22. The van der Waals surface area contributed by atoms with Gasteiger partial charge in [0.1, 0.15) is 5.69 Å². The largest absolute Gasteiger partial charge is 0.772 e. The SMILES string of the molecule is O=Nc1cc(CS(=O)[O-])ccc1F. The molecule has 1 unspecified atom stereocenters. The van der Waals surface area contributed by atoms with Gasteiger partial charge in [-0.2, -0.15) is 0 Å². The topological polar surface area (TPSA) is 69.6 Å². The third-order valence-corrected chi connectivity index (χ3v) is 1.96. The Labute approximate surface area is 76.0 Å². The maximum atomic E-state index is 12.7. The lowest BCUT2D eigenvalue weighted by Crippen LogP contribution is -1.93. The van der Waals surface area contributed by atoms with E-state index in [4.69, 9.17) is 0 Å². The van der Waals surface area contributed by atoms with E-state index in [0.29, 0.717) is 5.56 Å². The predicted molar refractivity (Wildman–Crippen MR) is 44.5 cm³/mol. The Morgan fingerprint density at radius 1 is 1.54 bits per heavy atom. The molecule has 1 rings (SSSR count). The Hall–Kier alpha value is -1.14. The summed E-state index contributed by atoms with van der Waals surface area (Å²) in [6, 6.07) is 3.41. The number of nitrogens with zero attached hydrogens (tertiary/aromatic N) is 1. The van der Waals surface area contributed by atoms with E-state index in [0.717, 1.165) is 12.1 Å². The molecule has 0 saturated carbocycles. The minimum Gasteiger partial charge on any atom is -0.772 e. The zero-order chi connectivity index (χ0) is 9.84. The molecule has 70 valence electrons. The summed E-state index contributed by atoms with van der Waals surface area (Å²) < 4.78 is 33.2. The van der Waals surface area contributed by atoms with Gasteiger partial charge in [0.15, 0.2) is 5.82 Å². The number of nitroso groups, excluding NO2 is 1. The predicted octanol–water partition coefficient (Wildman–Crippen LogP) is 1.60. The highest BCUT2D eigenvalue weighted by atomic mass is 32.2. The molecule has 0 aliphatic rings. The van der Waals surface area contributed by atoms with Gasteiger partial charge in [-0.3, -0.25) is 4.21 Å². The van der Waals surface area contributed by atoms with Crippen molar-refractivity contribution in [3.05, 3.63) is 34.5 Å². The normalized spacial score (nSPS) is 12.5. The van der Waals surface area contributed by atoms with Crippen LogP contribution >= 0.6 is 0 Å². The van der Waals surface area contributed by atoms with Gasteiger partial charge in [0, 0.05) is 5.75 Å². The van der Waals surface area contributed by atoms with Gasteiger partial charge < -0.3 is 4.55 Å². The quantitative estimate of drug-likeness (QED) is 0.552. The molecule has 4 nitrogen and oxygen atoms in total. The highest BCUT2D eigenvalue weighted by Gasteiger charge is 2.03. The first-order chi connectivity index (χ1) is 6.13. The molecule has 0 radical (unpaired) electrons. The number of rotatable bonds is 3. The fourth-order valence-corrected chi connectivity index (χ4v) is 1.31. The van der Waals surface area contributed by atoms with Crippen molar-refractivity contribution in [3.8, 4) is 0 Å². The molecule has 13 heavy (non-hydrogen) atoms. The van der Waals surface area contributed by atoms with E-state index in [1.807, 2.05) is 0 Å². The summed E-state index contributed by atoms with van der Waals surface area (Å²) in [4.78, 5) is 10.0. The van der Waals surface area contributed by atoms with Gasteiger partial charge in [0.05, 0.1) is 0 Å². The number of hydrogen-bond acceptors (Lipinski definition) is 4. The Balaban J connectivity index is 2.99. The molecular weight excluding hydrogens is 197 g/mol. The lowest BCUT2D eigenvalue weighted by atomic mass is 10.2. The summed E-state index contributed by atoms with van der Waals surface area (Å²) in [5.74, 6) is -1.00. The minimum absolute atomic E-state index is 0.247. The third-order valence-electron chi connectivity index (χ3n) is 1.39. The molecule has 0 aliphatic heterocycles. The van der Waals surface area contributed by atoms with Gasteiger partial charge in [0.2, 0.25) is 0 Å². The molecule has 1 aromatic carbocycles. The highest BCUT2D eigenvalue weighted by Crippen LogP contribution is 2.19. The first-order valence-electron chi connectivity index (χ1n) is 3.31. The number of benzene rings is 1. The Bertz CT molecular complexity index is 356. The molecule has 0 amide bonds. The van der Waals surface area contributed by atoms with Gasteiger partial charge >= 0.3 is 0 Å². The van der Waals surface area contributed by atoms with Crippen LogP contribution in [-0.4, -0.2) is 8.76 Å². The monoisotopic (exact) mass is 202 g/mol. The molecule has 0 saturated heterocycles. The summed E-state index contributed by atoms with van der Waals surface area (Å²) in [5, 5.41) is 2.41. The maximum absolute atomic E-state index is 12.7. The van der Waals surface area contributed by atoms with Gasteiger partial charge in [-0.05, 0) is 22.9 Å². The Morgan fingerprint density at radius 3 is 2.77 bits per heavy atom. The molecule has 0 aromatic heterocycles. The average Bonchev–Trinajstić information content (AvgIpc) is 2.07. The van der Waals surface area contributed by atoms with Crippen LogP contribution in [0.2, 0.25) is 0 Å². The van der Waals surface area contributed by atoms with Crippen LogP contribution in [0.4, 0.5) is 10.1 Å². The second-order valence-electron chi connectivity index (χ2n) is 2.33. The fraction of sp³-hybridized carbons (Fsp3) is 0.143. The standard InChI is InChI=1S/C7H6FNO3S/c8-6-2-1-5(4-13(11)12)3-7(6)9-10/h1-3H,4H2,(H,11,12)/p-1. The first-order valence-corrected chi connectivity index (χ1v) is 4.55. The average molecular weight is 202 g/mol. The zero-order valence-electron chi connectivity index (χ0n) is 6.40. The van der Waals surface area contributed by atoms with E-state index < -0.39 is 16.9 Å². The van der Waals surface area contributed by atoms with E-state index >= 15 is 0 Å². The fourth-order valence-electron chi connectivity index (χ4n) is 0.854. The van der Waals surface area contributed by atoms with Gasteiger partial charge in [-0.1, -0.05) is 17.1 Å². The van der Waals surface area contributed by atoms with Gasteiger partial charge in [-0.25, -0.2) is 4.39 Å². The van der Waals surface area contributed by atoms with Crippen LogP contribution in [0.25, 0.3) is 0 Å². The molecule has 0 bridgehead atoms. The van der Waals surface area contributed by atoms with Crippen LogP contribution in [-0.2, 0) is 16.8 Å². The molecule has 1 aromatic rings. The lowest BCUT2D eigenvalue weighted by molar-refractivity contribution is 0.536. The summed E-state index contributed by atoms with van der Waals surface area (Å²) >= 11 is -2.25. The van der Waals surface area contributed by atoms with E-state index in [-0.39, 0.29) is 11.4 Å². The summed E-state index contributed by atoms with van der Waals surface area (Å²) in [7, 11) is 0. The van der Waals surface area contributed by atoms with Crippen molar-refractivity contribution in [2.45, 2.75) is 5.75 Å². The van der Waals surface area contributed by atoms with Crippen molar-refractivity contribution in [1.82, 2.24) is 0 Å². The minimum atomic E-state index is -2.25. The van der Waals surface area contributed by atoms with Crippen LogP contribution < -0.4 is 0 Å². The maximum Gasteiger partial charge on any atom is 0.152 e. The summed E-state index contributed by atoms with van der Waals surface area (Å²) in [5.41, 5.74) is -0.0349. The van der Waals surface area contributed by atoms with E-state index in [2.05, 4.69) is 5.18 Å². The van der Waals surface area contributed by atoms with Crippen LogP contribution in [0.5, 0.6) is 0 Å². The second kappa shape index (κ2) is 4.20. The van der Waals surface area contributed by atoms with Crippen LogP contribution in [0.15, 0.2) is 23.4 Å². The smallest absolute Gasteiger partial charge is 0.152 e. The molecule has 0 heterocycles. The van der Waals surface area contributed by atoms with Gasteiger partial charge in [0.25, 0.3) is 0 Å². The number of halogens is 1. The molecule has 6 heteroatoms. The molecule has 0 fully saturated rings. The van der Waals surface area contributed by atoms with Crippen LogP contribution in [0.1, 0.15) is 5.56 Å². The van der Waals surface area contributed by atoms with E-state index in [1.165, 1.54) is 6.07 Å². The molecule has 1 atom stereocenters. The van der Waals surface area contributed by atoms with E-state index in [1.54, 1.807) is 0 Å². The molecule has 0 N–H and O–H groups in total. The molecular formula is C7H5FNO3S-. The highest BCUT2D eigenvalue weighted by molar-refractivity contribution is 7.78. The first kappa shape index (κ1) is 9.94. The summed E-state index contributed by atoms with van der Waals surface area (Å²) in [6.07, 6.45) is 0. The van der Waals surface area contributed by atoms with Crippen molar-refractivity contribution in [2.24, 2.45) is 5.18 Å². The van der Waals surface area contributed by atoms with Crippen molar-refractivity contribution in [3.63, 3.8) is 0 Å². The van der Waals surface area contributed by atoms with E-state index in [9.17, 15) is 18.1 Å².